The summed E-state index contributed by atoms with van der Waals surface area (Å²) in [6.45, 7) is 2.55. The molecule has 2 aromatic heterocycles. The second kappa shape index (κ2) is 5.09. The molecule has 90 valence electrons. The molecule has 0 atom stereocenters. The molecule has 0 aliphatic carbocycles. The third-order valence-corrected chi connectivity index (χ3v) is 2.13. The number of nitrogens with zero attached hydrogens (tertiary/aromatic N) is 5. The van der Waals surface area contributed by atoms with Crippen LogP contribution in [0.15, 0.2) is 12.3 Å². The lowest BCUT2D eigenvalue weighted by Crippen LogP contribution is -2.03. The van der Waals surface area contributed by atoms with Gasteiger partial charge in [0.1, 0.15) is 5.69 Å². The third-order valence-electron chi connectivity index (χ3n) is 1.97. The minimum Gasteiger partial charge on any atom is -0.463 e. The molecule has 0 unspecified atom stereocenters. The van der Waals surface area contributed by atoms with Gasteiger partial charge in [-0.2, -0.15) is 20.1 Å². The number of hydrogen-bond donors (Lipinski definition) is 0. The number of rotatable bonds is 4. The second-order valence-electron chi connectivity index (χ2n) is 3.43. The summed E-state index contributed by atoms with van der Waals surface area (Å²) in [5.41, 5.74) is 0.637. The van der Waals surface area contributed by atoms with E-state index < -0.39 is 0 Å². The smallest absolute Gasteiger partial charge is 0.321 e. The van der Waals surface area contributed by atoms with Gasteiger partial charge in [0.25, 0.3) is 0 Å². The van der Waals surface area contributed by atoms with Crippen molar-refractivity contribution in [2.45, 2.75) is 13.3 Å². The van der Waals surface area contributed by atoms with Crippen LogP contribution in [0.4, 0.5) is 0 Å². The Hall–Kier alpha value is -1.69. The third kappa shape index (κ3) is 2.91. The summed E-state index contributed by atoms with van der Waals surface area (Å²) in [7, 11) is 1.82. The molecule has 0 spiro atoms. The normalized spacial score (nSPS) is 10.5. The van der Waals surface area contributed by atoms with Gasteiger partial charge in [-0.15, -0.1) is 0 Å². The first kappa shape index (κ1) is 11.8. The van der Waals surface area contributed by atoms with Crippen LogP contribution >= 0.6 is 11.6 Å². The van der Waals surface area contributed by atoms with E-state index in [9.17, 15) is 0 Å². The summed E-state index contributed by atoms with van der Waals surface area (Å²) >= 11 is 5.81. The van der Waals surface area contributed by atoms with Crippen molar-refractivity contribution in [2.24, 2.45) is 7.05 Å². The van der Waals surface area contributed by atoms with E-state index in [1.54, 1.807) is 16.9 Å². The van der Waals surface area contributed by atoms with Crippen molar-refractivity contribution < 1.29 is 4.74 Å². The van der Waals surface area contributed by atoms with Crippen LogP contribution in [-0.4, -0.2) is 31.3 Å². The van der Waals surface area contributed by atoms with Crippen molar-refractivity contribution in [3.63, 3.8) is 0 Å². The zero-order valence-corrected chi connectivity index (χ0v) is 10.3. The van der Waals surface area contributed by atoms with Gasteiger partial charge in [0.15, 0.2) is 5.82 Å². The molecule has 0 bridgehead atoms. The highest BCUT2D eigenvalue weighted by Gasteiger charge is 2.10. The standard InChI is InChI=1S/C10H12ClN5O/c1-3-6-17-10-13-8(12-9(11)14-10)7-4-5-16(2)15-7/h4-5H,3,6H2,1-2H3. The van der Waals surface area contributed by atoms with Crippen molar-refractivity contribution in [3.8, 4) is 17.5 Å². The Balaban J connectivity index is 2.31. The first-order valence-electron chi connectivity index (χ1n) is 5.23. The fourth-order valence-electron chi connectivity index (χ4n) is 1.24. The molecule has 6 nitrogen and oxygen atoms in total. The maximum absolute atomic E-state index is 5.81. The van der Waals surface area contributed by atoms with Crippen LogP contribution in [0.3, 0.4) is 0 Å². The van der Waals surface area contributed by atoms with E-state index in [2.05, 4.69) is 20.1 Å². The summed E-state index contributed by atoms with van der Waals surface area (Å²) in [4.78, 5) is 12.1. The molecule has 0 amide bonds. The molecule has 0 saturated heterocycles. The topological polar surface area (TPSA) is 65.7 Å². The van der Waals surface area contributed by atoms with Crippen LogP contribution in [0.1, 0.15) is 13.3 Å². The molecule has 0 fully saturated rings. The fraction of sp³-hybridized carbons (Fsp3) is 0.400. The monoisotopic (exact) mass is 253 g/mol. The minimum absolute atomic E-state index is 0.103. The van der Waals surface area contributed by atoms with Gasteiger partial charge in [0.2, 0.25) is 5.28 Å². The van der Waals surface area contributed by atoms with Crippen LogP contribution in [-0.2, 0) is 7.05 Å². The molecule has 2 rings (SSSR count). The van der Waals surface area contributed by atoms with Crippen molar-refractivity contribution in [1.82, 2.24) is 24.7 Å². The highest BCUT2D eigenvalue weighted by molar-refractivity contribution is 6.28. The van der Waals surface area contributed by atoms with Gasteiger partial charge in [-0.3, -0.25) is 4.68 Å². The average Bonchev–Trinajstić information content (AvgIpc) is 2.72. The number of aromatic nitrogens is 5. The summed E-state index contributed by atoms with van der Waals surface area (Å²) < 4.78 is 6.99. The van der Waals surface area contributed by atoms with Crippen molar-refractivity contribution >= 4 is 11.6 Å². The molecular formula is C10H12ClN5O. The molecule has 0 N–H and O–H groups in total. The van der Waals surface area contributed by atoms with E-state index in [1.807, 2.05) is 14.0 Å². The van der Waals surface area contributed by atoms with Crippen LogP contribution in [0.5, 0.6) is 6.01 Å². The van der Waals surface area contributed by atoms with E-state index in [-0.39, 0.29) is 11.3 Å². The molecule has 0 aromatic carbocycles. The lowest BCUT2D eigenvalue weighted by molar-refractivity contribution is 0.291. The largest absolute Gasteiger partial charge is 0.463 e. The Morgan fingerprint density at radius 2 is 2.18 bits per heavy atom. The lowest BCUT2D eigenvalue weighted by Gasteiger charge is -2.03. The first-order chi connectivity index (χ1) is 8.19. The van der Waals surface area contributed by atoms with Crippen molar-refractivity contribution in [2.75, 3.05) is 6.61 Å². The number of aryl methyl sites for hydroxylation is 1. The van der Waals surface area contributed by atoms with E-state index in [4.69, 9.17) is 16.3 Å². The van der Waals surface area contributed by atoms with Crippen molar-refractivity contribution in [1.29, 1.82) is 0 Å². The summed E-state index contributed by atoms with van der Waals surface area (Å²) in [6.07, 6.45) is 2.68. The first-order valence-corrected chi connectivity index (χ1v) is 5.61. The number of hydrogen-bond acceptors (Lipinski definition) is 5. The molecule has 17 heavy (non-hydrogen) atoms. The van der Waals surface area contributed by atoms with E-state index in [0.717, 1.165) is 6.42 Å². The van der Waals surface area contributed by atoms with Crippen LogP contribution in [0.25, 0.3) is 11.5 Å². The van der Waals surface area contributed by atoms with Gasteiger partial charge in [-0.25, -0.2) is 0 Å². The molecular weight excluding hydrogens is 242 g/mol. The van der Waals surface area contributed by atoms with E-state index in [1.165, 1.54) is 0 Å². The van der Waals surface area contributed by atoms with Gasteiger partial charge >= 0.3 is 6.01 Å². The zero-order chi connectivity index (χ0) is 12.3. The van der Waals surface area contributed by atoms with Gasteiger partial charge in [0, 0.05) is 13.2 Å². The molecule has 7 heteroatoms. The summed E-state index contributed by atoms with van der Waals surface area (Å²) in [5.74, 6) is 0.414. The molecule has 0 saturated carbocycles. The fourth-order valence-corrected chi connectivity index (χ4v) is 1.39. The Morgan fingerprint density at radius 1 is 1.35 bits per heavy atom. The SMILES string of the molecule is CCCOc1nc(Cl)nc(-c2ccn(C)n2)n1. The highest BCUT2D eigenvalue weighted by atomic mass is 35.5. The van der Waals surface area contributed by atoms with Crippen LogP contribution in [0.2, 0.25) is 5.28 Å². The summed E-state index contributed by atoms with van der Waals surface area (Å²) in [6, 6.07) is 2.03. The van der Waals surface area contributed by atoms with Gasteiger partial charge < -0.3 is 4.74 Å². The maximum atomic E-state index is 5.81. The Kier molecular flexibility index (Phi) is 3.53. The number of ether oxygens (including phenoxy) is 1. The molecule has 0 aliphatic heterocycles. The summed E-state index contributed by atoms with van der Waals surface area (Å²) in [5, 5.41) is 4.30. The second-order valence-corrected chi connectivity index (χ2v) is 3.77. The van der Waals surface area contributed by atoms with Crippen LogP contribution < -0.4 is 4.74 Å². The van der Waals surface area contributed by atoms with Gasteiger partial charge in [-0.1, -0.05) is 6.92 Å². The van der Waals surface area contributed by atoms with E-state index in [0.29, 0.717) is 18.1 Å². The molecule has 2 heterocycles. The Bertz CT molecular complexity index is 513. The van der Waals surface area contributed by atoms with Gasteiger partial charge in [-0.05, 0) is 24.1 Å². The number of halogens is 1. The highest BCUT2D eigenvalue weighted by Crippen LogP contribution is 2.16. The Labute approximate surface area is 104 Å². The Morgan fingerprint density at radius 3 is 2.82 bits per heavy atom. The average molecular weight is 254 g/mol. The molecule has 0 aliphatic rings. The maximum Gasteiger partial charge on any atom is 0.321 e. The predicted molar refractivity (Wildman–Crippen MR) is 62.8 cm³/mol. The van der Waals surface area contributed by atoms with Crippen molar-refractivity contribution in [3.05, 3.63) is 17.5 Å². The minimum atomic E-state index is 0.103. The molecule has 0 radical (unpaired) electrons. The van der Waals surface area contributed by atoms with Crippen LogP contribution in [0, 0.1) is 0 Å². The predicted octanol–water partition coefficient (Wildman–Crippen LogP) is 1.71. The molecule has 2 aromatic rings. The van der Waals surface area contributed by atoms with E-state index >= 15 is 0 Å². The zero-order valence-electron chi connectivity index (χ0n) is 9.59. The van der Waals surface area contributed by atoms with Gasteiger partial charge in [0.05, 0.1) is 6.61 Å². The lowest BCUT2D eigenvalue weighted by atomic mass is 10.4. The quantitative estimate of drug-likeness (QED) is 0.830.